The van der Waals surface area contributed by atoms with Crippen LogP contribution in [-0.4, -0.2) is 30.6 Å². The van der Waals surface area contributed by atoms with Crippen molar-refractivity contribution in [3.8, 4) is 0 Å². The molecular weight excluding hydrogens is 238 g/mol. The van der Waals surface area contributed by atoms with Crippen molar-refractivity contribution in [3.05, 3.63) is 35.9 Å². The van der Waals surface area contributed by atoms with Crippen LogP contribution in [0.4, 0.5) is 4.79 Å². The van der Waals surface area contributed by atoms with E-state index in [0.717, 1.165) is 31.5 Å². The normalized spacial score (nSPS) is 17.6. The van der Waals surface area contributed by atoms with Gasteiger partial charge in [0.25, 0.3) is 0 Å². The summed E-state index contributed by atoms with van der Waals surface area (Å²) in [6.07, 6.45) is 4.66. The second kappa shape index (κ2) is 7.14. The second-order valence-electron chi connectivity index (χ2n) is 5.05. The lowest BCUT2D eigenvalue weighted by Crippen LogP contribution is -2.43. The standard InChI is InChI=1S/C15H23N3O/c16-12-14(13-8-4-3-5-9-13)17-15(19)18-10-6-1-2-7-11-18/h3-5,8-9,14H,1-2,6-7,10-12,16H2,(H,17,19). The second-order valence-corrected chi connectivity index (χ2v) is 5.05. The fourth-order valence-corrected chi connectivity index (χ4v) is 2.48. The number of urea groups is 1. The topological polar surface area (TPSA) is 58.4 Å². The first kappa shape index (κ1) is 13.9. The van der Waals surface area contributed by atoms with Crippen molar-refractivity contribution in [2.24, 2.45) is 5.73 Å². The third-order valence-electron chi connectivity index (χ3n) is 3.63. The Morgan fingerprint density at radius 3 is 2.37 bits per heavy atom. The van der Waals surface area contributed by atoms with Crippen LogP contribution >= 0.6 is 0 Å². The number of benzene rings is 1. The third-order valence-corrected chi connectivity index (χ3v) is 3.63. The molecule has 1 saturated heterocycles. The van der Waals surface area contributed by atoms with E-state index in [4.69, 9.17) is 5.73 Å². The van der Waals surface area contributed by atoms with Crippen molar-refractivity contribution < 1.29 is 4.79 Å². The Morgan fingerprint density at radius 2 is 1.79 bits per heavy atom. The maximum absolute atomic E-state index is 12.3. The van der Waals surface area contributed by atoms with Gasteiger partial charge in [0.15, 0.2) is 0 Å². The quantitative estimate of drug-likeness (QED) is 0.877. The van der Waals surface area contributed by atoms with Crippen molar-refractivity contribution in [1.29, 1.82) is 0 Å². The van der Waals surface area contributed by atoms with Crippen molar-refractivity contribution in [1.82, 2.24) is 10.2 Å². The Morgan fingerprint density at radius 1 is 1.16 bits per heavy atom. The minimum absolute atomic E-state index is 0.0150. The van der Waals surface area contributed by atoms with Crippen LogP contribution in [0.2, 0.25) is 0 Å². The molecule has 2 amide bonds. The van der Waals surface area contributed by atoms with Gasteiger partial charge in [-0.1, -0.05) is 43.2 Å². The molecule has 3 N–H and O–H groups in total. The number of nitrogens with zero attached hydrogens (tertiary/aromatic N) is 1. The van der Waals surface area contributed by atoms with Gasteiger partial charge in [0.2, 0.25) is 0 Å². The van der Waals surface area contributed by atoms with Crippen LogP contribution in [0, 0.1) is 0 Å². The zero-order valence-electron chi connectivity index (χ0n) is 11.3. The van der Waals surface area contributed by atoms with E-state index in [-0.39, 0.29) is 12.1 Å². The van der Waals surface area contributed by atoms with E-state index in [1.54, 1.807) is 0 Å². The molecule has 19 heavy (non-hydrogen) atoms. The lowest BCUT2D eigenvalue weighted by atomic mass is 10.1. The Labute approximate surface area is 115 Å². The van der Waals surface area contributed by atoms with E-state index in [9.17, 15) is 4.79 Å². The molecule has 4 nitrogen and oxygen atoms in total. The average molecular weight is 261 g/mol. The fourth-order valence-electron chi connectivity index (χ4n) is 2.48. The molecule has 1 aromatic carbocycles. The molecule has 4 heteroatoms. The number of rotatable bonds is 3. The minimum atomic E-state index is -0.100. The van der Waals surface area contributed by atoms with Crippen LogP contribution in [0.3, 0.4) is 0 Å². The molecule has 2 rings (SSSR count). The van der Waals surface area contributed by atoms with Gasteiger partial charge in [-0.3, -0.25) is 0 Å². The van der Waals surface area contributed by atoms with Gasteiger partial charge >= 0.3 is 6.03 Å². The van der Waals surface area contributed by atoms with E-state index in [1.165, 1.54) is 12.8 Å². The van der Waals surface area contributed by atoms with Crippen LogP contribution in [0.25, 0.3) is 0 Å². The zero-order valence-corrected chi connectivity index (χ0v) is 11.3. The van der Waals surface area contributed by atoms with Crippen LogP contribution in [0.15, 0.2) is 30.3 Å². The fraction of sp³-hybridized carbons (Fsp3) is 0.533. The Balaban J connectivity index is 1.96. The van der Waals surface area contributed by atoms with Gasteiger partial charge in [-0.25, -0.2) is 4.79 Å². The van der Waals surface area contributed by atoms with Crippen molar-refractivity contribution in [2.75, 3.05) is 19.6 Å². The molecule has 0 aromatic heterocycles. The largest absolute Gasteiger partial charge is 0.330 e. The smallest absolute Gasteiger partial charge is 0.317 e. The van der Waals surface area contributed by atoms with Gasteiger partial charge in [-0.15, -0.1) is 0 Å². The first-order valence-corrected chi connectivity index (χ1v) is 7.11. The number of nitrogens with two attached hydrogens (primary N) is 1. The summed E-state index contributed by atoms with van der Waals surface area (Å²) in [5.41, 5.74) is 6.84. The molecule has 104 valence electrons. The van der Waals surface area contributed by atoms with E-state index in [2.05, 4.69) is 5.32 Å². The summed E-state index contributed by atoms with van der Waals surface area (Å²) in [6, 6.07) is 9.82. The molecule has 0 saturated carbocycles. The summed E-state index contributed by atoms with van der Waals surface area (Å²) in [4.78, 5) is 14.2. The summed E-state index contributed by atoms with van der Waals surface area (Å²) in [7, 11) is 0. The lowest BCUT2D eigenvalue weighted by molar-refractivity contribution is 0.196. The number of carbonyl (C=O) groups is 1. The van der Waals surface area contributed by atoms with E-state index < -0.39 is 0 Å². The number of nitrogens with one attached hydrogen (secondary N) is 1. The monoisotopic (exact) mass is 261 g/mol. The van der Waals surface area contributed by atoms with E-state index >= 15 is 0 Å². The van der Waals surface area contributed by atoms with Crippen molar-refractivity contribution in [2.45, 2.75) is 31.7 Å². The van der Waals surface area contributed by atoms with Gasteiger partial charge < -0.3 is 16.0 Å². The third kappa shape index (κ3) is 3.96. The predicted molar refractivity (Wildman–Crippen MR) is 76.8 cm³/mol. The molecule has 1 heterocycles. The van der Waals surface area contributed by atoms with Gasteiger partial charge in [-0.2, -0.15) is 0 Å². The summed E-state index contributed by atoms with van der Waals surface area (Å²) < 4.78 is 0. The molecule has 1 aromatic rings. The zero-order chi connectivity index (χ0) is 13.5. The average Bonchev–Trinajstić information content (AvgIpc) is 2.74. The number of hydrogen-bond acceptors (Lipinski definition) is 2. The highest BCUT2D eigenvalue weighted by atomic mass is 16.2. The number of likely N-dealkylation sites (tertiary alicyclic amines) is 1. The molecule has 1 unspecified atom stereocenters. The van der Waals surface area contributed by atoms with Gasteiger partial charge in [0, 0.05) is 19.6 Å². The molecule has 1 atom stereocenters. The molecule has 0 radical (unpaired) electrons. The van der Waals surface area contributed by atoms with Crippen LogP contribution in [0.5, 0.6) is 0 Å². The van der Waals surface area contributed by atoms with Crippen molar-refractivity contribution in [3.63, 3.8) is 0 Å². The van der Waals surface area contributed by atoms with E-state index in [1.807, 2.05) is 35.2 Å². The molecule has 1 aliphatic heterocycles. The molecule has 0 aliphatic carbocycles. The minimum Gasteiger partial charge on any atom is -0.330 e. The molecule has 0 bridgehead atoms. The molecule has 1 fully saturated rings. The first-order valence-electron chi connectivity index (χ1n) is 7.11. The molecular formula is C15H23N3O. The van der Waals surface area contributed by atoms with Gasteiger partial charge in [0.05, 0.1) is 6.04 Å². The highest BCUT2D eigenvalue weighted by molar-refractivity contribution is 5.74. The highest BCUT2D eigenvalue weighted by Crippen LogP contribution is 2.13. The predicted octanol–water partition coefficient (Wildman–Crippen LogP) is 2.27. The number of amides is 2. The van der Waals surface area contributed by atoms with Crippen LogP contribution in [-0.2, 0) is 0 Å². The van der Waals surface area contributed by atoms with Crippen LogP contribution in [0.1, 0.15) is 37.3 Å². The Hall–Kier alpha value is -1.55. The van der Waals surface area contributed by atoms with Gasteiger partial charge in [0.1, 0.15) is 0 Å². The van der Waals surface area contributed by atoms with Crippen LogP contribution < -0.4 is 11.1 Å². The summed E-state index contributed by atoms with van der Waals surface area (Å²) in [5.74, 6) is 0. The maximum Gasteiger partial charge on any atom is 0.317 e. The lowest BCUT2D eigenvalue weighted by Gasteiger charge is -2.25. The maximum atomic E-state index is 12.3. The van der Waals surface area contributed by atoms with Gasteiger partial charge in [-0.05, 0) is 18.4 Å². The summed E-state index contributed by atoms with van der Waals surface area (Å²) in [6.45, 7) is 2.14. The Kier molecular flexibility index (Phi) is 5.21. The highest BCUT2D eigenvalue weighted by Gasteiger charge is 2.19. The molecule has 1 aliphatic rings. The van der Waals surface area contributed by atoms with E-state index in [0.29, 0.717) is 6.54 Å². The number of hydrogen-bond donors (Lipinski definition) is 2. The number of carbonyl (C=O) groups excluding carboxylic acids is 1. The van der Waals surface area contributed by atoms with Crippen molar-refractivity contribution >= 4 is 6.03 Å². The SMILES string of the molecule is NCC(NC(=O)N1CCCCCC1)c1ccccc1. The summed E-state index contributed by atoms with van der Waals surface area (Å²) in [5, 5.41) is 3.04. The summed E-state index contributed by atoms with van der Waals surface area (Å²) >= 11 is 0. The molecule has 0 spiro atoms. The Bertz CT molecular complexity index is 386. The first-order chi connectivity index (χ1) is 9.31.